The van der Waals surface area contributed by atoms with Gasteiger partial charge >= 0.3 is 0 Å². The van der Waals surface area contributed by atoms with Crippen LogP contribution in [0.25, 0.3) is 0 Å². The molecule has 0 aliphatic rings. The topological polar surface area (TPSA) is 41.1 Å². The molecule has 0 aliphatic heterocycles. The summed E-state index contributed by atoms with van der Waals surface area (Å²) in [6.45, 7) is 2.58. The molecule has 0 spiro atoms. The smallest absolute Gasteiger partial charge is 0.234 e. The third-order valence-corrected chi connectivity index (χ3v) is 4.27. The molecule has 0 heterocycles. The molecule has 23 heavy (non-hydrogen) atoms. The first-order chi connectivity index (χ1) is 11.0. The van der Waals surface area contributed by atoms with E-state index in [1.54, 1.807) is 18.2 Å². The van der Waals surface area contributed by atoms with E-state index in [9.17, 15) is 4.79 Å². The molecule has 1 atom stereocenters. The van der Waals surface area contributed by atoms with Crippen molar-refractivity contribution in [3.05, 3.63) is 68.7 Å². The van der Waals surface area contributed by atoms with Crippen LogP contribution in [0.3, 0.4) is 0 Å². The Morgan fingerprint density at radius 1 is 1.04 bits per heavy atom. The highest BCUT2D eigenvalue weighted by molar-refractivity contribution is 6.35. The number of benzene rings is 2. The lowest BCUT2D eigenvalue weighted by atomic mass is 10.1. The average Bonchev–Trinajstić information content (AvgIpc) is 2.52. The maximum absolute atomic E-state index is 11.9. The molecule has 0 aliphatic carbocycles. The van der Waals surface area contributed by atoms with E-state index < -0.39 is 0 Å². The molecule has 0 radical (unpaired) electrons. The van der Waals surface area contributed by atoms with Crippen LogP contribution in [-0.4, -0.2) is 12.5 Å². The van der Waals surface area contributed by atoms with Crippen molar-refractivity contribution >= 4 is 40.7 Å². The molecule has 0 aromatic heterocycles. The van der Waals surface area contributed by atoms with E-state index in [0.717, 1.165) is 11.1 Å². The zero-order valence-electron chi connectivity index (χ0n) is 12.6. The summed E-state index contributed by atoms with van der Waals surface area (Å²) in [7, 11) is 0. The molecule has 6 heteroatoms. The number of halogens is 3. The second-order valence-electron chi connectivity index (χ2n) is 5.17. The van der Waals surface area contributed by atoms with Gasteiger partial charge in [-0.3, -0.25) is 4.79 Å². The van der Waals surface area contributed by atoms with Crippen molar-refractivity contribution in [1.29, 1.82) is 0 Å². The van der Waals surface area contributed by atoms with E-state index in [1.807, 2.05) is 31.2 Å². The summed E-state index contributed by atoms with van der Waals surface area (Å²) in [6, 6.07) is 12.8. The van der Waals surface area contributed by atoms with Crippen LogP contribution in [0.5, 0.6) is 0 Å². The molecule has 0 unspecified atom stereocenters. The summed E-state index contributed by atoms with van der Waals surface area (Å²) in [6.07, 6.45) is 0. The van der Waals surface area contributed by atoms with Gasteiger partial charge in [0.05, 0.1) is 6.54 Å². The quantitative estimate of drug-likeness (QED) is 0.778. The Morgan fingerprint density at radius 2 is 1.70 bits per heavy atom. The Kier molecular flexibility index (Phi) is 6.72. The van der Waals surface area contributed by atoms with Gasteiger partial charge in [-0.15, -0.1) is 0 Å². The van der Waals surface area contributed by atoms with Crippen LogP contribution in [0.15, 0.2) is 42.5 Å². The number of hydrogen-bond acceptors (Lipinski definition) is 2. The molecular formula is C17H17Cl3N2O. The van der Waals surface area contributed by atoms with Gasteiger partial charge in [0.2, 0.25) is 5.91 Å². The molecule has 1 amide bonds. The molecule has 2 rings (SSSR count). The lowest BCUT2D eigenvalue weighted by Crippen LogP contribution is -2.34. The zero-order valence-corrected chi connectivity index (χ0v) is 14.8. The molecule has 0 saturated heterocycles. The molecule has 2 N–H and O–H groups in total. The molecular weight excluding hydrogens is 355 g/mol. The van der Waals surface area contributed by atoms with Crippen LogP contribution in [0.1, 0.15) is 24.1 Å². The lowest BCUT2D eigenvalue weighted by Gasteiger charge is -2.14. The molecule has 0 saturated carbocycles. The predicted molar refractivity (Wildman–Crippen MR) is 96.2 cm³/mol. The first-order valence-corrected chi connectivity index (χ1v) is 8.28. The van der Waals surface area contributed by atoms with Gasteiger partial charge in [-0.1, -0.05) is 53.0 Å². The Bertz CT molecular complexity index is 674. The first-order valence-electron chi connectivity index (χ1n) is 7.15. The second kappa shape index (κ2) is 8.55. The molecule has 2 aromatic rings. The summed E-state index contributed by atoms with van der Waals surface area (Å²) in [5, 5.41) is 7.80. The van der Waals surface area contributed by atoms with E-state index >= 15 is 0 Å². The van der Waals surface area contributed by atoms with Crippen LogP contribution in [0.4, 0.5) is 0 Å². The van der Waals surface area contributed by atoms with Gasteiger partial charge in [0, 0.05) is 27.7 Å². The fraction of sp³-hybridized carbons (Fsp3) is 0.235. The van der Waals surface area contributed by atoms with Crippen molar-refractivity contribution < 1.29 is 4.79 Å². The van der Waals surface area contributed by atoms with E-state index in [4.69, 9.17) is 34.8 Å². The monoisotopic (exact) mass is 370 g/mol. The number of amides is 1. The van der Waals surface area contributed by atoms with Crippen LogP contribution in [-0.2, 0) is 11.3 Å². The maximum atomic E-state index is 11.9. The number of hydrogen-bond donors (Lipinski definition) is 2. The van der Waals surface area contributed by atoms with Gasteiger partial charge in [-0.2, -0.15) is 0 Å². The largest absolute Gasteiger partial charge is 0.351 e. The minimum absolute atomic E-state index is 0.0529. The molecule has 0 fully saturated rings. The standard InChI is InChI=1S/C17H17Cl3N2O/c1-11(12-2-5-14(18)6-3-12)21-10-17(23)22-9-13-4-7-15(19)8-16(13)20/h2-8,11,21H,9-10H2,1H3,(H,22,23)/t11-/m0/s1. The number of rotatable bonds is 6. The average molecular weight is 372 g/mol. The first kappa shape index (κ1) is 18.1. The van der Waals surface area contributed by atoms with Crippen LogP contribution in [0.2, 0.25) is 15.1 Å². The highest BCUT2D eigenvalue weighted by atomic mass is 35.5. The van der Waals surface area contributed by atoms with E-state index in [0.29, 0.717) is 21.6 Å². The molecule has 122 valence electrons. The van der Waals surface area contributed by atoms with Crippen molar-refractivity contribution in [1.82, 2.24) is 10.6 Å². The normalized spacial score (nSPS) is 12.0. The zero-order chi connectivity index (χ0) is 16.8. The number of carbonyl (C=O) groups is 1. The van der Waals surface area contributed by atoms with Crippen molar-refractivity contribution in [2.24, 2.45) is 0 Å². The van der Waals surface area contributed by atoms with Crippen molar-refractivity contribution in [2.45, 2.75) is 19.5 Å². The van der Waals surface area contributed by atoms with Crippen LogP contribution < -0.4 is 10.6 Å². The maximum Gasteiger partial charge on any atom is 0.234 e. The Labute approximate surface area is 150 Å². The third kappa shape index (κ3) is 5.70. The SMILES string of the molecule is C[C@H](NCC(=O)NCc1ccc(Cl)cc1Cl)c1ccc(Cl)cc1. The van der Waals surface area contributed by atoms with Crippen LogP contribution in [0, 0.1) is 0 Å². The fourth-order valence-corrected chi connectivity index (χ4v) is 2.64. The number of nitrogens with one attached hydrogen (secondary N) is 2. The third-order valence-electron chi connectivity index (χ3n) is 3.43. The van der Waals surface area contributed by atoms with Gasteiger partial charge in [-0.05, 0) is 42.3 Å². The van der Waals surface area contributed by atoms with Gasteiger partial charge < -0.3 is 10.6 Å². The van der Waals surface area contributed by atoms with Crippen molar-refractivity contribution in [3.8, 4) is 0 Å². The molecule has 0 bridgehead atoms. The van der Waals surface area contributed by atoms with E-state index in [1.165, 1.54) is 0 Å². The molecule has 2 aromatic carbocycles. The second-order valence-corrected chi connectivity index (χ2v) is 6.45. The van der Waals surface area contributed by atoms with Crippen LogP contribution >= 0.6 is 34.8 Å². The predicted octanol–water partition coefficient (Wildman–Crippen LogP) is 4.61. The summed E-state index contributed by atoms with van der Waals surface area (Å²) < 4.78 is 0. The van der Waals surface area contributed by atoms with Gasteiger partial charge in [0.15, 0.2) is 0 Å². The minimum atomic E-state index is -0.100. The van der Waals surface area contributed by atoms with E-state index in [-0.39, 0.29) is 18.5 Å². The van der Waals surface area contributed by atoms with Gasteiger partial charge in [0.1, 0.15) is 0 Å². The Hall–Kier alpha value is -1.26. The van der Waals surface area contributed by atoms with Gasteiger partial charge in [0.25, 0.3) is 0 Å². The summed E-state index contributed by atoms with van der Waals surface area (Å²) in [4.78, 5) is 11.9. The summed E-state index contributed by atoms with van der Waals surface area (Å²) >= 11 is 17.8. The van der Waals surface area contributed by atoms with E-state index in [2.05, 4.69) is 10.6 Å². The van der Waals surface area contributed by atoms with Crippen molar-refractivity contribution in [2.75, 3.05) is 6.54 Å². The van der Waals surface area contributed by atoms with Crippen molar-refractivity contribution in [3.63, 3.8) is 0 Å². The van der Waals surface area contributed by atoms with Gasteiger partial charge in [-0.25, -0.2) is 0 Å². The highest BCUT2D eigenvalue weighted by Gasteiger charge is 2.08. The number of carbonyl (C=O) groups excluding carboxylic acids is 1. The minimum Gasteiger partial charge on any atom is -0.351 e. The highest BCUT2D eigenvalue weighted by Crippen LogP contribution is 2.20. The summed E-state index contributed by atoms with van der Waals surface area (Å²) in [5.74, 6) is -0.100. The fourth-order valence-electron chi connectivity index (χ4n) is 2.04. The Morgan fingerprint density at radius 3 is 2.35 bits per heavy atom. The molecule has 3 nitrogen and oxygen atoms in total. The Balaban J connectivity index is 1.79. The lowest BCUT2D eigenvalue weighted by molar-refractivity contribution is -0.120. The summed E-state index contributed by atoms with van der Waals surface area (Å²) in [5.41, 5.74) is 1.90.